The van der Waals surface area contributed by atoms with E-state index in [2.05, 4.69) is 31.5 Å². The van der Waals surface area contributed by atoms with Crippen LogP contribution in [0, 0.1) is 0 Å². The van der Waals surface area contributed by atoms with Gasteiger partial charge in [0.15, 0.2) is 11.5 Å². The zero-order valence-corrected chi connectivity index (χ0v) is 19.1. The van der Waals surface area contributed by atoms with E-state index in [4.69, 9.17) is 0 Å². The quantitative estimate of drug-likeness (QED) is 0.514. The number of allylic oxidation sites excluding steroid dienone is 5. The Morgan fingerprint density at radius 1 is 1.23 bits per heavy atom. The van der Waals surface area contributed by atoms with E-state index in [-0.39, 0.29) is 0 Å². The lowest BCUT2D eigenvalue weighted by molar-refractivity contribution is -0.118. The third kappa shape index (κ3) is 6.99. The average Bonchev–Trinajstić information content (AvgIpc) is 3.24. The van der Waals surface area contributed by atoms with Gasteiger partial charge in [0.25, 0.3) is 0 Å². The van der Waals surface area contributed by atoms with Gasteiger partial charge < -0.3 is 14.5 Å². The van der Waals surface area contributed by atoms with E-state index in [1.807, 2.05) is 26.8 Å². The predicted molar refractivity (Wildman–Crippen MR) is 123 cm³/mol. The Balaban J connectivity index is 0.000000720. The van der Waals surface area contributed by atoms with Crippen LogP contribution in [-0.2, 0) is 9.53 Å². The lowest BCUT2D eigenvalue weighted by Gasteiger charge is -2.33. The van der Waals surface area contributed by atoms with Crippen LogP contribution < -0.4 is 4.90 Å². The molecule has 1 amide bonds. The minimum Gasteiger partial charge on any atom is -0.385 e. The SMILES string of the molecule is C=C/C=C(F)\C(=C/C)c1nnc2ccc(N3CCN(C=O)CC3)nn12.CC.CCOC. The van der Waals surface area contributed by atoms with E-state index in [9.17, 15) is 9.18 Å². The van der Waals surface area contributed by atoms with Crippen molar-refractivity contribution in [1.82, 2.24) is 24.7 Å². The van der Waals surface area contributed by atoms with Crippen molar-refractivity contribution in [2.24, 2.45) is 0 Å². The largest absolute Gasteiger partial charge is 0.385 e. The molecule has 170 valence electrons. The summed E-state index contributed by atoms with van der Waals surface area (Å²) in [5.41, 5.74) is 0.846. The molecule has 3 heterocycles. The number of piperazine rings is 1. The summed E-state index contributed by atoms with van der Waals surface area (Å²) in [6, 6.07) is 3.66. The lowest BCUT2D eigenvalue weighted by atomic mass is 10.2. The highest BCUT2D eigenvalue weighted by Gasteiger charge is 2.19. The van der Waals surface area contributed by atoms with Gasteiger partial charge in [0.05, 0.1) is 5.57 Å². The van der Waals surface area contributed by atoms with Crippen LogP contribution in [0.1, 0.15) is 33.5 Å². The second kappa shape index (κ2) is 14.0. The third-order valence-electron chi connectivity index (χ3n) is 4.38. The van der Waals surface area contributed by atoms with Gasteiger partial charge in [-0.3, -0.25) is 4.79 Å². The number of hydrogen-bond donors (Lipinski definition) is 0. The van der Waals surface area contributed by atoms with Crippen molar-refractivity contribution in [3.05, 3.63) is 48.6 Å². The van der Waals surface area contributed by atoms with Crippen molar-refractivity contribution in [3.63, 3.8) is 0 Å². The Labute approximate surface area is 183 Å². The zero-order valence-electron chi connectivity index (χ0n) is 19.1. The van der Waals surface area contributed by atoms with Crippen LogP contribution in [0.4, 0.5) is 10.2 Å². The van der Waals surface area contributed by atoms with Gasteiger partial charge >= 0.3 is 0 Å². The number of anilines is 1. The number of carbonyl (C=O) groups excluding carboxylic acids is 1. The number of nitrogens with zero attached hydrogens (tertiary/aromatic N) is 6. The van der Waals surface area contributed by atoms with Crippen molar-refractivity contribution in [2.45, 2.75) is 27.7 Å². The highest BCUT2D eigenvalue weighted by Crippen LogP contribution is 2.24. The zero-order chi connectivity index (χ0) is 23.2. The molecule has 1 saturated heterocycles. The standard InChI is InChI=1S/C17H19FN6O.C3H8O.C2H6/c1-3-5-14(18)13(4-2)17-20-19-15-6-7-16(21-24(15)17)23-10-8-22(12-25)9-11-23;1-3-4-2;1-2/h3-7,12H,1,8-11H2,2H3;3H2,1-2H3;1-2H3/b13-4+,14-5+;;. The fraction of sp³-hybridized carbons (Fsp3) is 0.455. The minimum absolute atomic E-state index is 0.308. The molecular weight excluding hydrogens is 399 g/mol. The highest BCUT2D eigenvalue weighted by atomic mass is 19.1. The summed E-state index contributed by atoms with van der Waals surface area (Å²) in [6.07, 6.45) is 5.15. The maximum absolute atomic E-state index is 14.3. The molecule has 0 aliphatic carbocycles. The first-order chi connectivity index (χ1) is 15.1. The summed E-state index contributed by atoms with van der Waals surface area (Å²) in [5.74, 6) is 0.628. The van der Waals surface area contributed by atoms with E-state index in [1.54, 1.807) is 31.1 Å². The van der Waals surface area contributed by atoms with Crippen LogP contribution in [0.5, 0.6) is 0 Å². The monoisotopic (exact) mass is 432 g/mol. The van der Waals surface area contributed by atoms with Crippen LogP contribution >= 0.6 is 0 Å². The number of aromatic nitrogens is 4. The van der Waals surface area contributed by atoms with E-state index >= 15 is 0 Å². The van der Waals surface area contributed by atoms with Crippen molar-refractivity contribution in [2.75, 3.05) is 44.8 Å². The first kappa shape index (κ1) is 26.0. The van der Waals surface area contributed by atoms with Gasteiger partial charge in [-0.05, 0) is 32.1 Å². The van der Waals surface area contributed by atoms with Gasteiger partial charge in [-0.2, -0.15) is 4.52 Å². The van der Waals surface area contributed by atoms with Crippen LogP contribution in [-0.4, -0.2) is 71.0 Å². The van der Waals surface area contributed by atoms with Crippen LogP contribution in [0.2, 0.25) is 0 Å². The molecule has 0 radical (unpaired) electrons. The van der Waals surface area contributed by atoms with Gasteiger partial charge in [0.2, 0.25) is 6.41 Å². The fourth-order valence-electron chi connectivity index (χ4n) is 2.74. The van der Waals surface area contributed by atoms with Gasteiger partial charge in [-0.15, -0.1) is 15.3 Å². The Morgan fingerprint density at radius 2 is 1.87 bits per heavy atom. The number of rotatable bonds is 6. The molecule has 2 aromatic heterocycles. The average molecular weight is 433 g/mol. The maximum atomic E-state index is 14.3. The smallest absolute Gasteiger partial charge is 0.209 e. The number of fused-ring (bicyclic) bond motifs is 1. The van der Waals surface area contributed by atoms with Gasteiger partial charge in [0, 0.05) is 39.9 Å². The molecule has 0 aromatic carbocycles. The van der Waals surface area contributed by atoms with Gasteiger partial charge in [-0.25, -0.2) is 4.39 Å². The summed E-state index contributed by atoms with van der Waals surface area (Å²) in [6.45, 7) is 14.7. The second-order valence-corrected chi connectivity index (χ2v) is 6.14. The van der Waals surface area contributed by atoms with Gasteiger partial charge in [-0.1, -0.05) is 32.6 Å². The van der Waals surface area contributed by atoms with E-state index in [0.29, 0.717) is 43.2 Å². The molecule has 0 saturated carbocycles. The van der Waals surface area contributed by atoms with Crippen molar-refractivity contribution in [3.8, 4) is 0 Å². The Kier molecular flexibility index (Phi) is 11.7. The molecule has 0 bridgehead atoms. The molecule has 0 unspecified atom stereocenters. The molecule has 0 N–H and O–H groups in total. The van der Waals surface area contributed by atoms with Crippen molar-refractivity contribution in [1.29, 1.82) is 0 Å². The number of methoxy groups -OCH3 is 1. The molecule has 0 spiro atoms. The van der Waals surface area contributed by atoms with Crippen LogP contribution in [0.3, 0.4) is 0 Å². The molecule has 0 atom stereocenters. The summed E-state index contributed by atoms with van der Waals surface area (Å²) < 4.78 is 20.3. The predicted octanol–water partition coefficient (Wildman–Crippen LogP) is 3.52. The lowest BCUT2D eigenvalue weighted by Crippen LogP contribution is -2.46. The molecule has 1 fully saturated rings. The normalized spacial score (nSPS) is 14.4. The topological polar surface area (TPSA) is 75.9 Å². The van der Waals surface area contributed by atoms with Crippen LogP contribution in [0.25, 0.3) is 11.2 Å². The van der Waals surface area contributed by atoms with Crippen molar-refractivity contribution >= 4 is 23.4 Å². The molecule has 1 aliphatic rings. The summed E-state index contributed by atoms with van der Waals surface area (Å²) >= 11 is 0. The number of halogens is 1. The molecule has 1 aliphatic heterocycles. The Bertz CT molecular complexity index is 883. The fourth-order valence-corrected chi connectivity index (χ4v) is 2.74. The first-order valence-corrected chi connectivity index (χ1v) is 10.4. The molecule has 2 aromatic rings. The van der Waals surface area contributed by atoms with Gasteiger partial charge in [0.1, 0.15) is 11.6 Å². The summed E-state index contributed by atoms with van der Waals surface area (Å²) in [5, 5.41) is 12.7. The maximum Gasteiger partial charge on any atom is 0.209 e. The summed E-state index contributed by atoms with van der Waals surface area (Å²) in [4.78, 5) is 14.6. The summed E-state index contributed by atoms with van der Waals surface area (Å²) in [7, 11) is 1.68. The third-order valence-corrected chi connectivity index (χ3v) is 4.38. The highest BCUT2D eigenvalue weighted by molar-refractivity contribution is 5.74. The Morgan fingerprint density at radius 3 is 2.39 bits per heavy atom. The number of amides is 1. The molecule has 9 heteroatoms. The van der Waals surface area contributed by atoms with Crippen molar-refractivity contribution < 1.29 is 13.9 Å². The second-order valence-electron chi connectivity index (χ2n) is 6.14. The molecule has 3 rings (SSSR count). The first-order valence-electron chi connectivity index (χ1n) is 10.4. The Hall–Kier alpha value is -3.07. The minimum atomic E-state index is -0.446. The number of ether oxygens (including phenoxy) is 1. The number of hydrogen-bond acceptors (Lipinski definition) is 6. The number of carbonyl (C=O) groups is 1. The molecule has 8 nitrogen and oxygen atoms in total. The van der Waals surface area contributed by atoms with Crippen LogP contribution in [0.15, 0.2) is 42.8 Å². The molecule has 31 heavy (non-hydrogen) atoms. The van der Waals surface area contributed by atoms with E-state index < -0.39 is 5.83 Å². The molecular formula is C22H33FN6O2. The van der Waals surface area contributed by atoms with E-state index in [0.717, 1.165) is 18.8 Å². The van der Waals surface area contributed by atoms with E-state index in [1.165, 1.54) is 16.7 Å².